The van der Waals surface area contributed by atoms with E-state index < -0.39 is 54.3 Å². The molecule has 11 nitrogen and oxygen atoms in total. The monoisotopic (exact) mass is 612 g/mol. The minimum atomic E-state index is -1.02. The summed E-state index contributed by atoms with van der Waals surface area (Å²) in [5.74, 6) is -2.48. The lowest BCUT2D eigenvalue weighted by Crippen LogP contribution is -2.54. The first-order valence-electron chi connectivity index (χ1n) is 15.1. The van der Waals surface area contributed by atoms with Gasteiger partial charge in [0.2, 0.25) is 17.7 Å². The van der Waals surface area contributed by atoms with E-state index in [0.717, 1.165) is 11.1 Å². The molecule has 2 rings (SSSR count). The van der Waals surface area contributed by atoms with Gasteiger partial charge < -0.3 is 20.3 Å². The lowest BCUT2D eigenvalue weighted by molar-refractivity contribution is -0.149. The van der Waals surface area contributed by atoms with Gasteiger partial charge in [0.05, 0.1) is 5.69 Å². The van der Waals surface area contributed by atoms with E-state index in [1.54, 1.807) is 17.8 Å². The van der Waals surface area contributed by atoms with E-state index in [2.05, 4.69) is 75.1 Å². The zero-order chi connectivity index (χ0) is 33.6. The number of ether oxygens (including phenoxy) is 1. The van der Waals surface area contributed by atoms with Crippen molar-refractivity contribution in [2.24, 2.45) is 16.7 Å². The van der Waals surface area contributed by atoms with E-state index in [1.807, 2.05) is 26.8 Å². The maximum atomic E-state index is 13.5. The van der Waals surface area contributed by atoms with Crippen molar-refractivity contribution in [3.8, 4) is 0 Å². The molecule has 0 spiro atoms. The van der Waals surface area contributed by atoms with Crippen molar-refractivity contribution in [3.05, 3.63) is 47.3 Å². The van der Waals surface area contributed by atoms with E-state index >= 15 is 0 Å². The highest BCUT2D eigenvalue weighted by molar-refractivity contribution is 5.93. The topological polar surface area (TPSA) is 136 Å². The number of esters is 1. The first-order chi connectivity index (χ1) is 20.2. The molecule has 0 aromatic carbocycles. The third kappa shape index (κ3) is 11.4. The Morgan fingerprint density at radius 1 is 1.11 bits per heavy atom. The van der Waals surface area contributed by atoms with E-state index in [9.17, 15) is 19.2 Å². The lowest BCUT2D eigenvalue weighted by atomic mass is 9.88. The van der Waals surface area contributed by atoms with Gasteiger partial charge >= 0.3 is 5.97 Å². The predicted octanol–water partition coefficient (Wildman–Crippen LogP) is 3.76. The van der Waals surface area contributed by atoms with Crippen molar-refractivity contribution in [2.45, 2.75) is 107 Å². The van der Waals surface area contributed by atoms with Crippen LogP contribution in [0, 0.1) is 16.7 Å². The van der Waals surface area contributed by atoms with Gasteiger partial charge in [0.1, 0.15) is 24.7 Å². The fourth-order valence-electron chi connectivity index (χ4n) is 5.21. The summed E-state index contributed by atoms with van der Waals surface area (Å²) in [7, 11) is 1.49. The third-order valence-electron chi connectivity index (χ3n) is 7.21. The van der Waals surface area contributed by atoms with E-state index in [-0.39, 0.29) is 23.7 Å². The van der Waals surface area contributed by atoms with Crippen molar-refractivity contribution >= 4 is 23.7 Å². The summed E-state index contributed by atoms with van der Waals surface area (Å²) in [6, 6.07) is -1.93. The molecule has 0 bridgehead atoms. The van der Waals surface area contributed by atoms with Crippen LogP contribution >= 0.6 is 0 Å². The fraction of sp³-hybridized carbons (Fsp3) is 0.636. The molecular weight excluding hydrogens is 560 g/mol. The third-order valence-corrected chi connectivity index (χ3v) is 7.21. The Morgan fingerprint density at radius 2 is 1.75 bits per heavy atom. The summed E-state index contributed by atoms with van der Waals surface area (Å²) < 4.78 is 7.61. The van der Waals surface area contributed by atoms with Crippen molar-refractivity contribution < 1.29 is 23.9 Å². The predicted molar refractivity (Wildman–Crippen MR) is 170 cm³/mol. The Kier molecular flexibility index (Phi) is 12.3. The van der Waals surface area contributed by atoms with Crippen LogP contribution in [-0.2, 0) is 36.9 Å². The number of cyclic esters (lactones) is 1. The maximum Gasteiger partial charge on any atom is 0.326 e. The van der Waals surface area contributed by atoms with Gasteiger partial charge in [0.25, 0.3) is 0 Å². The quantitative estimate of drug-likeness (QED) is 0.294. The van der Waals surface area contributed by atoms with Crippen LogP contribution in [0.1, 0.15) is 81.4 Å². The molecule has 1 unspecified atom stereocenters. The normalized spacial score (nSPS) is 24.3. The van der Waals surface area contributed by atoms with Crippen molar-refractivity contribution in [1.82, 2.24) is 30.5 Å². The van der Waals surface area contributed by atoms with Crippen molar-refractivity contribution in [1.29, 1.82) is 0 Å². The molecule has 44 heavy (non-hydrogen) atoms. The molecule has 1 aromatic heterocycles. The number of hydrogen-bond donors (Lipinski definition) is 2. The molecule has 0 aliphatic carbocycles. The number of nitrogens with one attached hydrogen (secondary N) is 2. The number of amides is 3. The van der Waals surface area contributed by atoms with Gasteiger partial charge in [-0.3, -0.25) is 23.9 Å². The van der Waals surface area contributed by atoms with Crippen LogP contribution in [0.2, 0.25) is 0 Å². The second-order valence-electron chi connectivity index (χ2n) is 14.3. The fourth-order valence-corrected chi connectivity index (χ4v) is 5.21. The number of nitrogens with zero attached hydrogens (tertiary/aromatic N) is 4. The maximum absolute atomic E-state index is 13.5. The molecule has 1 fully saturated rings. The number of aromatic nitrogens is 3. The molecule has 3 amide bonds. The number of likely N-dealkylation sites (N-methyl/N-ethyl adjacent to an activating group) is 1. The standard InChI is InChI=1S/C33H52N6O5/c1-20(16-32(6,7)8)13-22(3)29-23(4)21(2)14-27(40)35-24(5)31(43)38(12)26(30(42)34-17-28(41)44-29)15-25-18-39(37-36-25)19-33(9,10)11/h13,16,18,23-24,26,29H,2,14-15,17,19H2,1,3-12H3,(H,34,42)(H,35,40)/b20-16+,22-13+/t23-,24+,26?,29+/m1/s1. The summed E-state index contributed by atoms with van der Waals surface area (Å²) >= 11 is 0. The zero-order valence-corrected chi connectivity index (χ0v) is 28.4. The highest BCUT2D eigenvalue weighted by atomic mass is 16.5. The Hall–Kier alpha value is -3.76. The molecule has 11 heteroatoms. The first kappa shape index (κ1) is 36.4. The Balaban J connectivity index is 2.42. The van der Waals surface area contributed by atoms with Crippen LogP contribution in [0.3, 0.4) is 0 Å². The average Bonchev–Trinajstić information content (AvgIpc) is 3.30. The molecule has 2 heterocycles. The Labute approximate surface area is 262 Å². The van der Waals surface area contributed by atoms with Crippen LogP contribution in [0.4, 0.5) is 0 Å². The van der Waals surface area contributed by atoms with Gasteiger partial charge in [-0.1, -0.05) is 83.6 Å². The highest BCUT2D eigenvalue weighted by Crippen LogP contribution is 2.27. The minimum Gasteiger partial charge on any atom is -0.456 e. The van der Waals surface area contributed by atoms with Crippen molar-refractivity contribution in [2.75, 3.05) is 13.6 Å². The zero-order valence-electron chi connectivity index (χ0n) is 28.4. The molecular formula is C33H52N6O5. The van der Waals surface area contributed by atoms with Gasteiger partial charge in [0, 0.05) is 38.5 Å². The van der Waals surface area contributed by atoms with Crippen LogP contribution < -0.4 is 10.6 Å². The molecule has 2 N–H and O–H groups in total. The molecule has 1 aromatic rings. The molecule has 1 saturated heterocycles. The molecule has 4 atom stereocenters. The summed E-state index contributed by atoms with van der Waals surface area (Å²) in [5, 5.41) is 13.8. The number of hydrogen-bond acceptors (Lipinski definition) is 7. The SMILES string of the molecule is C=C1CC(=O)N[C@@H](C)C(=O)N(C)C(Cc2cn(CC(C)(C)C)nn2)C(=O)NCC(=O)O[C@@H](/C(C)=C/C(C)=C/C(C)(C)C)[C@@H]1C. The molecule has 1 aliphatic rings. The van der Waals surface area contributed by atoms with Crippen LogP contribution in [0.15, 0.2) is 41.6 Å². The summed E-state index contributed by atoms with van der Waals surface area (Å²) in [6.07, 6.45) is 5.11. The Bertz CT molecular complexity index is 1300. The second-order valence-corrected chi connectivity index (χ2v) is 14.3. The van der Waals surface area contributed by atoms with E-state index in [1.165, 1.54) is 11.9 Å². The Morgan fingerprint density at radius 3 is 2.34 bits per heavy atom. The molecule has 0 radical (unpaired) electrons. The lowest BCUT2D eigenvalue weighted by Gasteiger charge is -2.29. The van der Waals surface area contributed by atoms with Gasteiger partial charge in [-0.15, -0.1) is 5.10 Å². The second kappa shape index (κ2) is 14.8. The number of rotatable bonds is 5. The van der Waals surface area contributed by atoms with E-state index in [4.69, 9.17) is 4.74 Å². The van der Waals surface area contributed by atoms with E-state index in [0.29, 0.717) is 17.8 Å². The molecule has 0 saturated carbocycles. The van der Waals surface area contributed by atoms with Gasteiger partial charge in [-0.25, -0.2) is 0 Å². The number of carbonyl (C=O) groups is 4. The average molecular weight is 613 g/mol. The largest absolute Gasteiger partial charge is 0.456 e. The van der Waals surface area contributed by atoms with Crippen LogP contribution in [0.5, 0.6) is 0 Å². The smallest absolute Gasteiger partial charge is 0.326 e. The van der Waals surface area contributed by atoms with Gasteiger partial charge in [-0.05, 0) is 37.2 Å². The van der Waals surface area contributed by atoms with Gasteiger partial charge in [-0.2, -0.15) is 0 Å². The first-order valence-corrected chi connectivity index (χ1v) is 15.1. The van der Waals surface area contributed by atoms with Crippen LogP contribution in [-0.4, -0.2) is 75.4 Å². The highest BCUT2D eigenvalue weighted by Gasteiger charge is 2.33. The van der Waals surface area contributed by atoms with Gasteiger partial charge in [0.15, 0.2) is 0 Å². The summed E-state index contributed by atoms with van der Waals surface area (Å²) in [4.78, 5) is 54.3. The van der Waals surface area contributed by atoms with Crippen LogP contribution in [0.25, 0.3) is 0 Å². The molecule has 1 aliphatic heterocycles. The minimum absolute atomic E-state index is 0.0397. The number of carbonyl (C=O) groups excluding carboxylic acids is 4. The summed E-state index contributed by atoms with van der Waals surface area (Å²) in [5.41, 5.74) is 2.76. The van der Waals surface area contributed by atoms with Crippen molar-refractivity contribution in [3.63, 3.8) is 0 Å². The summed E-state index contributed by atoms with van der Waals surface area (Å²) in [6.45, 7) is 24.1. The molecule has 244 valence electrons. The number of allylic oxidation sites excluding steroid dienone is 3.